The standard InChI is InChI=1S/C14H23NO4S/c1-3-5-12(11-20(15,16)17)10-19-14-8-6-13(7-9-14)18-4-2/h6-9,12H,3-5,10-11H2,1-2H3,(H2,15,16,17). The van der Waals surface area contributed by atoms with Gasteiger partial charge in [0.2, 0.25) is 10.0 Å². The van der Waals surface area contributed by atoms with Crippen molar-refractivity contribution in [1.29, 1.82) is 0 Å². The third kappa shape index (κ3) is 6.77. The summed E-state index contributed by atoms with van der Waals surface area (Å²) in [6, 6.07) is 7.27. The highest BCUT2D eigenvalue weighted by molar-refractivity contribution is 7.89. The van der Waals surface area contributed by atoms with Gasteiger partial charge in [0.1, 0.15) is 11.5 Å². The first-order valence-corrected chi connectivity index (χ1v) is 8.52. The largest absolute Gasteiger partial charge is 0.494 e. The van der Waals surface area contributed by atoms with Crippen LogP contribution in [0.2, 0.25) is 0 Å². The van der Waals surface area contributed by atoms with Gasteiger partial charge in [0.05, 0.1) is 19.0 Å². The summed E-state index contributed by atoms with van der Waals surface area (Å²) in [6.07, 6.45) is 1.67. The summed E-state index contributed by atoms with van der Waals surface area (Å²) in [5, 5.41) is 5.09. The fraction of sp³-hybridized carbons (Fsp3) is 0.571. The van der Waals surface area contributed by atoms with Crippen LogP contribution in [-0.4, -0.2) is 27.4 Å². The van der Waals surface area contributed by atoms with Crippen molar-refractivity contribution in [2.24, 2.45) is 11.1 Å². The monoisotopic (exact) mass is 301 g/mol. The van der Waals surface area contributed by atoms with E-state index in [0.717, 1.165) is 18.6 Å². The highest BCUT2D eigenvalue weighted by Crippen LogP contribution is 2.19. The molecule has 1 rings (SSSR count). The van der Waals surface area contributed by atoms with E-state index in [1.807, 2.05) is 38.1 Å². The second-order valence-corrected chi connectivity index (χ2v) is 6.36. The number of sulfonamides is 1. The fourth-order valence-corrected chi connectivity index (χ4v) is 2.88. The van der Waals surface area contributed by atoms with E-state index in [9.17, 15) is 8.42 Å². The summed E-state index contributed by atoms with van der Waals surface area (Å²) in [6.45, 7) is 4.89. The number of ether oxygens (including phenoxy) is 2. The number of nitrogens with two attached hydrogens (primary N) is 1. The second kappa shape index (κ2) is 8.11. The second-order valence-electron chi connectivity index (χ2n) is 4.70. The van der Waals surface area contributed by atoms with E-state index in [0.29, 0.717) is 19.0 Å². The van der Waals surface area contributed by atoms with Crippen molar-refractivity contribution in [3.8, 4) is 11.5 Å². The Bertz CT molecular complexity index is 484. The summed E-state index contributed by atoms with van der Waals surface area (Å²) in [5.74, 6) is 1.36. The van der Waals surface area contributed by atoms with Crippen LogP contribution in [0.4, 0.5) is 0 Å². The molecule has 6 heteroatoms. The molecule has 20 heavy (non-hydrogen) atoms. The van der Waals surface area contributed by atoms with Crippen molar-refractivity contribution < 1.29 is 17.9 Å². The fourth-order valence-electron chi connectivity index (χ4n) is 1.96. The minimum Gasteiger partial charge on any atom is -0.494 e. The number of primary sulfonamides is 1. The lowest BCUT2D eigenvalue weighted by molar-refractivity contribution is 0.252. The molecule has 0 saturated heterocycles. The molecule has 114 valence electrons. The molecule has 1 aromatic carbocycles. The molecule has 2 N–H and O–H groups in total. The minimum absolute atomic E-state index is 0.0438. The third-order valence-corrected chi connectivity index (χ3v) is 3.72. The lowest BCUT2D eigenvalue weighted by Gasteiger charge is -2.16. The van der Waals surface area contributed by atoms with Crippen molar-refractivity contribution in [3.63, 3.8) is 0 Å². The van der Waals surface area contributed by atoms with Crippen LogP contribution < -0.4 is 14.6 Å². The van der Waals surface area contributed by atoms with Crippen LogP contribution in [0.15, 0.2) is 24.3 Å². The lowest BCUT2D eigenvalue weighted by atomic mass is 10.1. The van der Waals surface area contributed by atoms with Crippen molar-refractivity contribution in [3.05, 3.63) is 24.3 Å². The minimum atomic E-state index is -3.46. The van der Waals surface area contributed by atoms with E-state index in [1.54, 1.807) is 0 Å². The van der Waals surface area contributed by atoms with Gasteiger partial charge in [-0.15, -0.1) is 0 Å². The third-order valence-electron chi connectivity index (χ3n) is 2.79. The summed E-state index contributed by atoms with van der Waals surface area (Å²) >= 11 is 0. The highest BCUT2D eigenvalue weighted by Gasteiger charge is 2.16. The van der Waals surface area contributed by atoms with E-state index in [2.05, 4.69) is 0 Å². The van der Waals surface area contributed by atoms with Crippen molar-refractivity contribution in [1.82, 2.24) is 0 Å². The molecule has 0 aliphatic rings. The van der Waals surface area contributed by atoms with Gasteiger partial charge in [-0.3, -0.25) is 0 Å². The Morgan fingerprint density at radius 1 is 1.10 bits per heavy atom. The zero-order valence-electron chi connectivity index (χ0n) is 12.0. The molecule has 0 aromatic heterocycles. The first-order chi connectivity index (χ1) is 9.44. The van der Waals surface area contributed by atoms with Crippen molar-refractivity contribution in [2.75, 3.05) is 19.0 Å². The van der Waals surface area contributed by atoms with Gasteiger partial charge in [-0.2, -0.15) is 0 Å². The predicted octanol–water partition coefficient (Wildman–Crippen LogP) is 2.17. The normalized spacial score (nSPS) is 12.9. The molecule has 0 radical (unpaired) electrons. The van der Waals surface area contributed by atoms with Crippen LogP contribution in [-0.2, 0) is 10.0 Å². The zero-order valence-corrected chi connectivity index (χ0v) is 12.9. The maximum absolute atomic E-state index is 11.2. The van der Waals surface area contributed by atoms with E-state index in [4.69, 9.17) is 14.6 Å². The SMILES string of the molecule is CCCC(COc1ccc(OCC)cc1)CS(N)(=O)=O. The predicted molar refractivity (Wildman–Crippen MR) is 79.5 cm³/mol. The molecular weight excluding hydrogens is 278 g/mol. The molecule has 5 nitrogen and oxygen atoms in total. The van der Waals surface area contributed by atoms with Gasteiger partial charge in [-0.1, -0.05) is 13.3 Å². The molecule has 1 unspecified atom stereocenters. The Labute approximate surface area is 121 Å². The molecule has 0 aliphatic carbocycles. The number of rotatable bonds is 9. The molecule has 1 atom stereocenters. The first kappa shape index (κ1) is 16.8. The van der Waals surface area contributed by atoms with E-state index >= 15 is 0 Å². The average Bonchev–Trinajstić information content (AvgIpc) is 2.36. The molecule has 0 bridgehead atoms. The van der Waals surface area contributed by atoms with Crippen LogP contribution in [0.5, 0.6) is 11.5 Å². The van der Waals surface area contributed by atoms with Gasteiger partial charge in [-0.25, -0.2) is 13.6 Å². The molecule has 0 heterocycles. The molecule has 0 amide bonds. The van der Waals surface area contributed by atoms with Crippen LogP contribution in [0, 0.1) is 5.92 Å². The summed E-state index contributed by atoms with van der Waals surface area (Å²) < 4.78 is 33.3. The summed E-state index contributed by atoms with van der Waals surface area (Å²) in [4.78, 5) is 0. The van der Waals surface area contributed by atoms with Crippen LogP contribution in [0.1, 0.15) is 26.7 Å². The van der Waals surface area contributed by atoms with Gasteiger partial charge in [-0.05, 0) is 37.6 Å². The maximum atomic E-state index is 11.2. The van der Waals surface area contributed by atoms with Crippen LogP contribution in [0.25, 0.3) is 0 Å². The molecular formula is C14H23NO4S. The molecule has 0 saturated carbocycles. The van der Waals surface area contributed by atoms with Crippen LogP contribution in [0.3, 0.4) is 0 Å². The molecule has 0 fully saturated rings. The Kier molecular flexibility index (Phi) is 6.81. The number of benzene rings is 1. The van der Waals surface area contributed by atoms with E-state index < -0.39 is 10.0 Å². The lowest BCUT2D eigenvalue weighted by Crippen LogP contribution is -2.26. The van der Waals surface area contributed by atoms with E-state index in [-0.39, 0.29) is 11.7 Å². The van der Waals surface area contributed by atoms with Gasteiger partial charge in [0, 0.05) is 5.92 Å². The van der Waals surface area contributed by atoms with Gasteiger partial charge >= 0.3 is 0 Å². The van der Waals surface area contributed by atoms with Crippen molar-refractivity contribution in [2.45, 2.75) is 26.7 Å². The summed E-state index contributed by atoms with van der Waals surface area (Å²) in [5.41, 5.74) is 0. The Morgan fingerprint density at radius 2 is 1.65 bits per heavy atom. The Morgan fingerprint density at radius 3 is 2.10 bits per heavy atom. The maximum Gasteiger partial charge on any atom is 0.209 e. The van der Waals surface area contributed by atoms with Crippen LogP contribution >= 0.6 is 0 Å². The molecule has 0 spiro atoms. The number of hydrogen-bond donors (Lipinski definition) is 1. The molecule has 0 aliphatic heterocycles. The Hall–Kier alpha value is -1.27. The Balaban J connectivity index is 2.53. The smallest absolute Gasteiger partial charge is 0.209 e. The van der Waals surface area contributed by atoms with Gasteiger partial charge in [0.25, 0.3) is 0 Å². The van der Waals surface area contributed by atoms with Crippen molar-refractivity contribution >= 4 is 10.0 Å². The highest BCUT2D eigenvalue weighted by atomic mass is 32.2. The average molecular weight is 301 g/mol. The van der Waals surface area contributed by atoms with Gasteiger partial charge in [0.15, 0.2) is 0 Å². The zero-order chi connectivity index (χ0) is 15.0. The quantitative estimate of drug-likeness (QED) is 0.758. The summed E-state index contributed by atoms with van der Waals surface area (Å²) in [7, 11) is -3.46. The topological polar surface area (TPSA) is 78.6 Å². The van der Waals surface area contributed by atoms with Gasteiger partial charge < -0.3 is 9.47 Å². The first-order valence-electron chi connectivity index (χ1n) is 6.80. The van der Waals surface area contributed by atoms with E-state index in [1.165, 1.54) is 0 Å². The molecule has 1 aromatic rings. The number of hydrogen-bond acceptors (Lipinski definition) is 4.